The predicted molar refractivity (Wildman–Crippen MR) is 93.5 cm³/mol. The number of nitro groups is 1. The predicted octanol–water partition coefficient (Wildman–Crippen LogP) is 3.17. The fourth-order valence-electron chi connectivity index (χ4n) is 2.26. The first-order valence-electron chi connectivity index (χ1n) is 7.26. The van der Waals surface area contributed by atoms with Crippen LogP contribution in [0, 0.1) is 17.0 Å². The summed E-state index contributed by atoms with van der Waals surface area (Å²) in [5, 5.41) is 21.7. The number of nitrogens with one attached hydrogen (secondary N) is 2. The van der Waals surface area contributed by atoms with Gasteiger partial charge in [-0.2, -0.15) is 5.10 Å². The van der Waals surface area contributed by atoms with Gasteiger partial charge >= 0.3 is 0 Å². The second kappa shape index (κ2) is 7.19. The van der Waals surface area contributed by atoms with Crippen LogP contribution in [-0.2, 0) is 6.54 Å². The smallest absolute Gasteiger partial charge is 0.271 e. The molecule has 2 rings (SSSR count). The highest BCUT2D eigenvalue weighted by atomic mass is 32.1. The summed E-state index contributed by atoms with van der Waals surface area (Å²) in [6.45, 7) is 6.79. The Morgan fingerprint density at radius 1 is 1.52 bits per heavy atom. The van der Waals surface area contributed by atoms with Gasteiger partial charge in [0.25, 0.3) is 5.69 Å². The molecule has 0 aliphatic heterocycles. The van der Waals surface area contributed by atoms with Gasteiger partial charge in [0, 0.05) is 36.1 Å². The second-order valence-electron chi connectivity index (χ2n) is 5.15. The third-order valence-electron chi connectivity index (χ3n) is 3.44. The van der Waals surface area contributed by atoms with E-state index in [0.29, 0.717) is 10.8 Å². The summed E-state index contributed by atoms with van der Waals surface area (Å²) in [6.07, 6.45) is 1.99. The minimum atomic E-state index is -0.438. The third kappa shape index (κ3) is 4.26. The minimum Gasteiger partial charge on any atom is -0.356 e. The first-order chi connectivity index (χ1) is 10.9. The Bertz CT molecular complexity index is 728. The lowest BCUT2D eigenvalue weighted by Gasteiger charge is -2.16. The molecular formula is C15H19N5O2S. The lowest BCUT2D eigenvalue weighted by atomic mass is 10.1. The van der Waals surface area contributed by atoms with Crippen molar-refractivity contribution in [2.45, 2.75) is 33.4 Å². The average molecular weight is 333 g/mol. The molecule has 23 heavy (non-hydrogen) atoms. The van der Waals surface area contributed by atoms with Crippen LogP contribution in [0.5, 0.6) is 0 Å². The van der Waals surface area contributed by atoms with Crippen LogP contribution in [0.4, 0.5) is 11.4 Å². The molecule has 0 fully saturated rings. The number of benzene rings is 1. The largest absolute Gasteiger partial charge is 0.356 e. The molecule has 1 heterocycles. The van der Waals surface area contributed by atoms with E-state index in [2.05, 4.69) is 15.7 Å². The van der Waals surface area contributed by atoms with E-state index in [-0.39, 0.29) is 11.7 Å². The number of hydrogen-bond acceptors (Lipinski definition) is 4. The second-order valence-corrected chi connectivity index (χ2v) is 5.56. The highest BCUT2D eigenvalue weighted by Crippen LogP contribution is 2.19. The van der Waals surface area contributed by atoms with Crippen molar-refractivity contribution in [3.63, 3.8) is 0 Å². The van der Waals surface area contributed by atoms with E-state index in [4.69, 9.17) is 12.2 Å². The number of nitrogens with zero attached hydrogens (tertiary/aromatic N) is 3. The topological polar surface area (TPSA) is 85.0 Å². The van der Waals surface area contributed by atoms with Gasteiger partial charge < -0.3 is 10.6 Å². The van der Waals surface area contributed by atoms with Crippen LogP contribution in [0.1, 0.15) is 31.1 Å². The van der Waals surface area contributed by atoms with Crippen molar-refractivity contribution in [3.8, 4) is 0 Å². The number of nitro benzene ring substituents is 1. The quantitative estimate of drug-likeness (QED) is 0.497. The summed E-state index contributed by atoms with van der Waals surface area (Å²) < 4.78 is 1.87. The zero-order chi connectivity index (χ0) is 17.0. The summed E-state index contributed by atoms with van der Waals surface area (Å²) in [5.41, 5.74) is 2.61. The van der Waals surface area contributed by atoms with Gasteiger partial charge in [-0.3, -0.25) is 14.8 Å². The summed E-state index contributed by atoms with van der Waals surface area (Å²) >= 11 is 5.28. The van der Waals surface area contributed by atoms with Gasteiger partial charge in [-0.25, -0.2) is 0 Å². The number of aromatic nitrogens is 2. The molecule has 2 N–H and O–H groups in total. The van der Waals surface area contributed by atoms with E-state index < -0.39 is 4.92 Å². The van der Waals surface area contributed by atoms with Gasteiger partial charge in [-0.15, -0.1) is 0 Å². The SMILES string of the molecule is CCn1cc(C(C)NC(=S)Nc2cccc([N+](=O)[O-])c2)c(C)n1. The molecule has 2 aromatic rings. The molecule has 1 unspecified atom stereocenters. The molecule has 0 aliphatic rings. The Hall–Kier alpha value is -2.48. The Morgan fingerprint density at radius 2 is 2.26 bits per heavy atom. The van der Waals surface area contributed by atoms with E-state index in [1.807, 2.05) is 31.6 Å². The van der Waals surface area contributed by atoms with Crippen molar-refractivity contribution in [1.82, 2.24) is 15.1 Å². The summed E-state index contributed by atoms with van der Waals surface area (Å²) in [4.78, 5) is 10.4. The lowest BCUT2D eigenvalue weighted by molar-refractivity contribution is -0.384. The van der Waals surface area contributed by atoms with Crippen molar-refractivity contribution in [3.05, 3.63) is 51.8 Å². The normalized spacial score (nSPS) is 11.8. The van der Waals surface area contributed by atoms with Gasteiger partial charge in [0.1, 0.15) is 0 Å². The molecule has 7 nitrogen and oxygen atoms in total. The number of hydrogen-bond donors (Lipinski definition) is 2. The maximum atomic E-state index is 10.8. The average Bonchev–Trinajstić information content (AvgIpc) is 2.88. The molecule has 1 aromatic carbocycles. The highest BCUT2D eigenvalue weighted by Gasteiger charge is 2.14. The molecule has 8 heteroatoms. The van der Waals surface area contributed by atoms with E-state index in [9.17, 15) is 10.1 Å². The monoisotopic (exact) mass is 333 g/mol. The van der Waals surface area contributed by atoms with E-state index >= 15 is 0 Å². The van der Waals surface area contributed by atoms with E-state index in [1.54, 1.807) is 12.1 Å². The van der Waals surface area contributed by atoms with Gasteiger partial charge in [-0.1, -0.05) is 6.07 Å². The summed E-state index contributed by atoms with van der Waals surface area (Å²) in [5.74, 6) is 0. The van der Waals surface area contributed by atoms with Crippen molar-refractivity contribution in [2.75, 3.05) is 5.32 Å². The zero-order valence-electron chi connectivity index (χ0n) is 13.2. The molecule has 0 saturated heterocycles. The van der Waals surface area contributed by atoms with Crippen LogP contribution in [0.15, 0.2) is 30.5 Å². The molecule has 0 saturated carbocycles. The van der Waals surface area contributed by atoms with E-state index in [0.717, 1.165) is 17.8 Å². The highest BCUT2D eigenvalue weighted by molar-refractivity contribution is 7.80. The first kappa shape index (κ1) is 16.9. The molecular weight excluding hydrogens is 314 g/mol. The maximum Gasteiger partial charge on any atom is 0.271 e. The Morgan fingerprint density at radius 3 is 2.87 bits per heavy atom. The molecule has 0 bridgehead atoms. The fraction of sp³-hybridized carbons (Fsp3) is 0.333. The van der Waals surface area contributed by atoms with Crippen molar-refractivity contribution < 1.29 is 4.92 Å². The van der Waals surface area contributed by atoms with Gasteiger partial charge in [-0.05, 0) is 39.1 Å². The number of rotatable bonds is 5. The fourth-order valence-corrected chi connectivity index (χ4v) is 2.55. The standard InChI is InChI=1S/C15H19N5O2S/c1-4-19-9-14(11(3)18-19)10(2)16-15(23)17-12-6-5-7-13(8-12)20(21)22/h5-10H,4H2,1-3H3,(H2,16,17,23). The van der Waals surface area contributed by atoms with Gasteiger partial charge in [0.05, 0.1) is 16.7 Å². The molecule has 0 spiro atoms. The van der Waals surface area contributed by atoms with Crippen LogP contribution in [0.2, 0.25) is 0 Å². The van der Waals surface area contributed by atoms with Crippen molar-refractivity contribution >= 4 is 28.7 Å². The number of aryl methyl sites for hydroxylation is 2. The van der Waals surface area contributed by atoms with E-state index in [1.165, 1.54) is 12.1 Å². The summed E-state index contributed by atoms with van der Waals surface area (Å²) in [7, 11) is 0. The molecule has 0 radical (unpaired) electrons. The molecule has 1 aromatic heterocycles. The Kier molecular flexibility index (Phi) is 5.28. The third-order valence-corrected chi connectivity index (χ3v) is 3.66. The Labute approximate surface area is 139 Å². The molecule has 0 aliphatic carbocycles. The van der Waals surface area contributed by atoms with Crippen molar-refractivity contribution in [2.24, 2.45) is 0 Å². The first-order valence-corrected chi connectivity index (χ1v) is 7.67. The van der Waals surface area contributed by atoms with Gasteiger partial charge in [0.2, 0.25) is 0 Å². The van der Waals surface area contributed by atoms with Crippen LogP contribution >= 0.6 is 12.2 Å². The number of non-ortho nitro benzene ring substituents is 1. The number of thiocarbonyl (C=S) groups is 1. The molecule has 1 atom stereocenters. The van der Waals surface area contributed by atoms with Crippen LogP contribution in [0.3, 0.4) is 0 Å². The maximum absolute atomic E-state index is 10.8. The lowest BCUT2D eigenvalue weighted by Crippen LogP contribution is -2.31. The van der Waals surface area contributed by atoms with Crippen LogP contribution in [0.25, 0.3) is 0 Å². The zero-order valence-corrected chi connectivity index (χ0v) is 14.1. The van der Waals surface area contributed by atoms with Gasteiger partial charge in [0.15, 0.2) is 5.11 Å². The Balaban J connectivity index is 2.02. The van der Waals surface area contributed by atoms with Crippen molar-refractivity contribution in [1.29, 1.82) is 0 Å². The van der Waals surface area contributed by atoms with Crippen LogP contribution < -0.4 is 10.6 Å². The number of anilines is 1. The van der Waals surface area contributed by atoms with Crippen LogP contribution in [-0.4, -0.2) is 19.8 Å². The minimum absolute atomic E-state index is 0.0194. The molecule has 122 valence electrons. The molecule has 0 amide bonds. The summed E-state index contributed by atoms with van der Waals surface area (Å²) in [6, 6.07) is 6.20.